The third-order valence-corrected chi connectivity index (χ3v) is 8.83. The van der Waals surface area contributed by atoms with Crippen molar-refractivity contribution in [3.8, 4) is 0 Å². The normalized spacial score (nSPS) is 15.8. The number of hydrogen-bond acceptors (Lipinski definition) is 2. The van der Waals surface area contributed by atoms with Crippen LogP contribution < -0.4 is 4.90 Å². The van der Waals surface area contributed by atoms with Gasteiger partial charge in [0.05, 0.1) is 22.3 Å². The molecule has 0 fully saturated rings. The van der Waals surface area contributed by atoms with Crippen molar-refractivity contribution >= 4 is 56.0 Å². The second kappa shape index (κ2) is 12.2. The second-order valence-electron chi connectivity index (χ2n) is 11.7. The zero-order chi connectivity index (χ0) is 29.9. The first-order valence-corrected chi connectivity index (χ1v) is 14.9. The minimum absolute atomic E-state index is 0.108. The van der Waals surface area contributed by atoms with Crippen molar-refractivity contribution in [1.82, 2.24) is 4.57 Å². The van der Waals surface area contributed by atoms with E-state index in [1.807, 2.05) is 20.5 Å². The first-order chi connectivity index (χ1) is 20.1. The van der Waals surface area contributed by atoms with Gasteiger partial charge in [-0.15, -0.1) is 9.24 Å². The number of anilines is 1. The Bertz CT molecular complexity index is 1730. The fourth-order valence-corrected chi connectivity index (χ4v) is 4.91. The highest BCUT2D eigenvalue weighted by molar-refractivity contribution is 7.19. The molecule has 2 heterocycles. The van der Waals surface area contributed by atoms with E-state index in [0.717, 1.165) is 28.0 Å². The average Bonchev–Trinajstić information content (AvgIpc) is 3.29. The fraction of sp³-hybridized carbons (Fsp3) is 0.189. The molecule has 5 heteroatoms. The summed E-state index contributed by atoms with van der Waals surface area (Å²) in [5, 5.41) is 2.36. The summed E-state index contributed by atoms with van der Waals surface area (Å²) in [6.07, 6.45) is 16.8. The third-order valence-electron chi connectivity index (χ3n) is 8.13. The first kappa shape index (κ1) is 29.6. The van der Waals surface area contributed by atoms with Gasteiger partial charge < -0.3 is 14.1 Å². The number of nitrogens with zero attached hydrogens (tertiary/aromatic N) is 2. The topological polar surface area (TPSA) is 17.4 Å². The third kappa shape index (κ3) is 6.02. The Hall–Kier alpha value is -3.85. The van der Waals surface area contributed by atoms with Crippen LogP contribution in [-0.2, 0) is 4.65 Å². The van der Waals surface area contributed by atoms with Crippen molar-refractivity contribution < 1.29 is 4.65 Å². The van der Waals surface area contributed by atoms with Crippen molar-refractivity contribution in [2.45, 2.75) is 45.4 Å². The van der Waals surface area contributed by atoms with Crippen molar-refractivity contribution in [2.75, 3.05) is 4.90 Å². The molecule has 1 aromatic heterocycles. The van der Waals surface area contributed by atoms with E-state index in [1.54, 1.807) is 0 Å². The van der Waals surface area contributed by atoms with E-state index >= 15 is 0 Å². The maximum Gasteiger partial charge on any atom is 0.330 e. The molecule has 1 unspecified atom stereocenters. The molecule has 42 heavy (non-hydrogen) atoms. The van der Waals surface area contributed by atoms with E-state index in [0.29, 0.717) is 0 Å². The number of para-hydroxylation sites is 3. The Morgan fingerprint density at radius 2 is 1.50 bits per heavy atom. The van der Waals surface area contributed by atoms with Gasteiger partial charge in [-0.3, -0.25) is 0 Å². The summed E-state index contributed by atoms with van der Waals surface area (Å²) >= 11 is 0. The molecule has 0 saturated heterocycles. The average molecular weight is 570 g/mol. The van der Waals surface area contributed by atoms with Crippen LogP contribution in [0.3, 0.4) is 0 Å². The largest absolute Gasteiger partial charge is 0.429 e. The highest BCUT2D eigenvalue weighted by Gasteiger charge is 2.33. The summed E-state index contributed by atoms with van der Waals surface area (Å²) in [4.78, 5) is 2.22. The summed E-state index contributed by atoms with van der Waals surface area (Å²) < 4.78 is 8.65. The fourth-order valence-electron chi connectivity index (χ4n) is 4.84. The van der Waals surface area contributed by atoms with E-state index < -0.39 is 0 Å². The Labute approximate surface area is 253 Å². The van der Waals surface area contributed by atoms with E-state index in [4.69, 9.17) is 4.65 Å². The maximum atomic E-state index is 6.38. The maximum absolute atomic E-state index is 6.38. The van der Waals surface area contributed by atoms with Crippen LogP contribution in [0, 0.1) is 0 Å². The van der Waals surface area contributed by atoms with Crippen LogP contribution in [0.2, 0.25) is 0 Å². The van der Waals surface area contributed by atoms with Crippen LogP contribution in [0.15, 0.2) is 133 Å². The van der Waals surface area contributed by atoms with Gasteiger partial charge in [-0.25, -0.2) is 0 Å². The molecule has 5 rings (SSSR count). The highest BCUT2D eigenvalue weighted by Crippen LogP contribution is 2.35. The molecule has 1 aliphatic heterocycles. The number of rotatable bonds is 8. The molecule has 1 atom stereocenters. The second-order valence-corrected chi connectivity index (χ2v) is 13.1. The highest BCUT2D eigenvalue weighted by atomic mass is 31.0. The van der Waals surface area contributed by atoms with Crippen LogP contribution in [0.5, 0.6) is 0 Å². The van der Waals surface area contributed by atoms with Gasteiger partial charge in [-0.1, -0.05) is 98.7 Å². The Morgan fingerprint density at radius 3 is 2.14 bits per heavy atom. The molecule has 0 bridgehead atoms. The van der Waals surface area contributed by atoms with Crippen molar-refractivity contribution in [3.05, 3.63) is 139 Å². The number of benzene rings is 3. The lowest BCUT2D eigenvalue weighted by molar-refractivity contribution is 0.0832. The SMILES string of the molecule is C=C1/C=C\C=CN(C(/C=C/n2c3ccccc3c3ccccc32)=C/C([B]OC(C)(C)C(C)(C)P)=C\C)c2ccccc21. The molecule has 3 nitrogen and oxygen atoms in total. The summed E-state index contributed by atoms with van der Waals surface area (Å²) in [6.45, 7) is 14.9. The minimum Gasteiger partial charge on any atom is -0.429 e. The van der Waals surface area contributed by atoms with Crippen molar-refractivity contribution in [3.63, 3.8) is 0 Å². The molecule has 4 aromatic rings. The van der Waals surface area contributed by atoms with Gasteiger partial charge in [0.1, 0.15) is 0 Å². The van der Waals surface area contributed by atoms with Crippen molar-refractivity contribution in [2.24, 2.45) is 0 Å². The minimum atomic E-state index is -0.381. The van der Waals surface area contributed by atoms with Crippen LogP contribution >= 0.6 is 9.24 Å². The zero-order valence-corrected chi connectivity index (χ0v) is 26.4. The van der Waals surface area contributed by atoms with Gasteiger partial charge in [-0.2, -0.15) is 0 Å². The molecule has 211 valence electrons. The van der Waals surface area contributed by atoms with E-state index in [9.17, 15) is 0 Å². The van der Waals surface area contributed by atoms with Gasteiger partial charge in [0.25, 0.3) is 0 Å². The summed E-state index contributed by atoms with van der Waals surface area (Å²) in [7, 11) is 4.78. The smallest absolute Gasteiger partial charge is 0.330 e. The van der Waals surface area contributed by atoms with Gasteiger partial charge in [0, 0.05) is 39.6 Å². The monoisotopic (exact) mass is 569 g/mol. The van der Waals surface area contributed by atoms with E-state index in [1.165, 1.54) is 21.8 Å². The van der Waals surface area contributed by atoms with E-state index in [-0.39, 0.29) is 10.8 Å². The molecule has 1 aliphatic rings. The number of fused-ring (bicyclic) bond motifs is 4. The van der Waals surface area contributed by atoms with Crippen LogP contribution in [0.4, 0.5) is 5.69 Å². The summed E-state index contributed by atoms with van der Waals surface area (Å²) in [5.74, 6) is 0. The zero-order valence-electron chi connectivity index (χ0n) is 25.2. The Morgan fingerprint density at radius 1 is 0.881 bits per heavy atom. The van der Waals surface area contributed by atoms with Gasteiger partial charge in [0.2, 0.25) is 0 Å². The van der Waals surface area contributed by atoms with Gasteiger partial charge in [-0.05, 0) is 62.8 Å². The number of allylic oxidation sites excluding steroid dienone is 8. The number of aromatic nitrogens is 1. The van der Waals surface area contributed by atoms with E-state index in [2.05, 4.69) is 169 Å². The lowest BCUT2D eigenvalue weighted by Gasteiger charge is -2.39. The molecule has 0 spiro atoms. The molecular weight excluding hydrogens is 530 g/mol. The van der Waals surface area contributed by atoms with Crippen LogP contribution in [0.25, 0.3) is 33.6 Å². The van der Waals surface area contributed by atoms with Gasteiger partial charge >= 0.3 is 7.48 Å². The predicted molar refractivity (Wildman–Crippen MR) is 188 cm³/mol. The molecule has 0 N–H and O–H groups in total. The van der Waals surface area contributed by atoms with Crippen LogP contribution in [-0.4, -0.2) is 22.8 Å². The molecular formula is C37H39BN2OP. The first-order valence-electron chi connectivity index (χ1n) is 14.4. The number of hydrogen-bond donors (Lipinski definition) is 0. The Kier molecular flexibility index (Phi) is 8.59. The predicted octanol–water partition coefficient (Wildman–Crippen LogP) is 9.72. The Balaban J connectivity index is 1.65. The lowest BCUT2D eigenvalue weighted by atomic mass is 9.82. The lowest BCUT2D eigenvalue weighted by Crippen LogP contribution is -2.43. The summed E-state index contributed by atoms with van der Waals surface area (Å²) in [5.41, 5.74) is 7.03. The molecule has 0 aliphatic carbocycles. The molecule has 1 radical (unpaired) electrons. The standard InChI is InChI=1S/C37H39BN2OP/c1-7-28(38-41-36(3,4)37(5,6)42)26-29(39-24-15-14-16-27(2)30-17-8-11-20-33(30)39)23-25-40-34-21-12-9-18-31(34)32-19-10-13-22-35(32)40/h7-26H,2,42H2,1,3-6H3/b16-14-,24-15?,25-23+,28-7+,29-26+. The molecule has 0 saturated carbocycles. The molecule has 3 aromatic carbocycles. The van der Waals surface area contributed by atoms with Crippen molar-refractivity contribution in [1.29, 1.82) is 0 Å². The quantitative estimate of drug-likeness (QED) is 0.119. The molecule has 0 amide bonds. The van der Waals surface area contributed by atoms with Gasteiger partial charge in [0.15, 0.2) is 0 Å². The summed E-state index contributed by atoms with van der Waals surface area (Å²) in [6, 6.07) is 25.5. The van der Waals surface area contributed by atoms with Crippen LogP contribution in [0.1, 0.15) is 40.2 Å².